The first kappa shape index (κ1) is 21.3. The molecule has 1 aromatic rings. The van der Waals surface area contributed by atoms with E-state index in [2.05, 4.69) is 10.2 Å². The summed E-state index contributed by atoms with van der Waals surface area (Å²) in [5, 5.41) is 2.72. The summed E-state index contributed by atoms with van der Waals surface area (Å²) < 4.78 is 0. The fourth-order valence-corrected chi connectivity index (χ4v) is 4.89. The fourth-order valence-electron chi connectivity index (χ4n) is 4.89. The van der Waals surface area contributed by atoms with Crippen LogP contribution in [0.15, 0.2) is 24.3 Å². The number of carbonyl (C=O) groups excluding carboxylic acids is 4. The van der Waals surface area contributed by atoms with E-state index in [0.29, 0.717) is 12.1 Å². The Bertz CT molecular complexity index is 863. The smallest absolute Gasteiger partial charge is 0.334 e. The number of imide groups is 2. The van der Waals surface area contributed by atoms with Crippen molar-refractivity contribution in [3.05, 3.63) is 24.3 Å². The lowest BCUT2D eigenvalue weighted by molar-refractivity contribution is -0.145. The van der Waals surface area contributed by atoms with Crippen LogP contribution in [0.3, 0.4) is 0 Å². The molecule has 5 amide bonds. The van der Waals surface area contributed by atoms with Crippen LogP contribution in [0.2, 0.25) is 0 Å². The van der Waals surface area contributed by atoms with Gasteiger partial charge in [0.1, 0.15) is 6.54 Å². The molecule has 1 N–H and O–H groups in total. The van der Waals surface area contributed by atoms with Crippen molar-refractivity contribution in [3.63, 3.8) is 0 Å². The third-order valence-electron chi connectivity index (χ3n) is 6.66. The number of hydrogen-bond donors (Lipinski definition) is 1. The molecule has 2 saturated heterocycles. The Morgan fingerprint density at radius 2 is 1.61 bits per heavy atom. The molecule has 1 aliphatic carbocycles. The molecule has 0 unspecified atom stereocenters. The number of piperidine rings is 1. The largest absolute Gasteiger partial charge is 0.372 e. The van der Waals surface area contributed by atoms with E-state index in [9.17, 15) is 19.2 Å². The van der Waals surface area contributed by atoms with Crippen molar-refractivity contribution in [2.75, 3.05) is 29.9 Å². The zero-order valence-corrected chi connectivity index (χ0v) is 18.0. The van der Waals surface area contributed by atoms with Gasteiger partial charge in [0.2, 0.25) is 5.91 Å². The van der Waals surface area contributed by atoms with Crippen LogP contribution < -0.4 is 10.2 Å². The van der Waals surface area contributed by atoms with Crippen LogP contribution in [0.1, 0.15) is 51.9 Å². The summed E-state index contributed by atoms with van der Waals surface area (Å²) in [5.41, 5.74) is 1.71. The summed E-state index contributed by atoms with van der Waals surface area (Å²) in [5.74, 6) is -2.08. The zero-order valence-electron chi connectivity index (χ0n) is 18.0. The highest BCUT2D eigenvalue weighted by Gasteiger charge is 2.49. The number of anilines is 2. The Labute approximate surface area is 182 Å². The average Bonchev–Trinajstić information content (AvgIpc) is 2.98. The lowest BCUT2D eigenvalue weighted by atomic mass is 9.85. The molecule has 2 aliphatic heterocycles. The maximum atomic E-state index is 12.8. The van der Waals surface area contributed by atoms with Gasteiger partial charge in [-0.25, -0.2) is 9.69 Å². The number of nitrogens with one attached hydrogen (secondary N) is 1. The Hall–Kier alpha value is -2.90. The Morgan fingerprint density at radius 1 is 0.935 bits per heavy atom. The van der Waals surface area contributed by atoms with Crippen molar-refractivity contribution in [2.24, 2.45) is 5.92 Å². The fraction of sp³-hybridized carbons (Fsp3) is 0.565. The molecule has 1 saturated carbocycles. The molecule has 2 heterocycles. The maximum absolute atomic E-state index is 12.8. The minimum absolute atomic E-state index is 0.154. The molecule has 166 valence electrons. The quantitative estimate of drug-likeness (QED) is 0.577. The van der Waals surface area contributed by atoms with Crippen molar-refractivity contribution in [1.82, 2.24) is 9.80 Å². The topological polar surface area (TPSA) is 90.0 Å². The Morgan fingerprint density at radius 3 is 2.29 bits per heavy atom. The Balaban J connectivity index is 1.37. The van der Waals surface area contributed by atoms with Crippen molar-refractivity contribution in [1.29, 1.82) is 0 Å². The molecule has 4 rings (SSSR count). The van der Waals surface area contributed by atoms with Gasteiger partial charge in [-0.05, 0) is 62.3 Å². The second-order valence-electron chi connectivity index (χ2n) is 8.82. The van der Waals surface area contributed by atoms with Crippen molar-refractivity contribution >= 4 is 35.1 Å². The minimum atomic E-state index is -0.918. The van der Waals surface area contributed by atoms with Gasteiger partial charge in [0.15, 0.2) is 0 Å². The molecule has 8 heteroatoms. The molecule has 0 radical (unpaired) electrons. The lowest BCUT2D eigenvalue weighted by Crippen LogP contribution is -2.46. The maximum Gasteiger partial charge on any atom is 0.334 e. The number of rotatable bonds is 5. The molecule has 8 nitrogen and oxygen atoms in total. The lowest BCUT2D eigenvalue weighted by Gasteiger charge is -2.34. The minimum Gasteiger partial charge on any atom is -0.372 e. The molecule has 0 aromatic heterocycles. The van der Waals surface area contributed by atoms with Gasteiger partial charge in [0.05, 0.1) is 0 Å². The monoisotopic (exact) mass is 426 g/mol. The van der Waals surface area contributed by atoms with Crippen LogP contribution in [0.4, 0.5) is 16.2 Å². The van der Waals surface area contributed by atoms with Crippen LogP contribution in [0.25, 0.3) is 0 Å². The average molecular weight is 427 g/mol. The number of hydrogen-bond acceptors (Lipinski definition) is 5. The van der Waals surface area contributed by atoms with Crippen LogP contribution in [-0.2, 0) is 14.4 Å². The van der Waals surface area contributed by atoms with E-state index >= 15 is 0 Å². The second kappa shape index (κ2) is 9.08. The highest BCUT2D eigenvalue weighted by molar-refractivity contribution is 6.45. The van der Waals surface area contributed by atoms with Crippen molar-refractivity contribution < 1.29 is 19.2 Å². The molecule has 3 fully saturated rings. The molecule has 1 aromatic carbocycles. The first-order valence-electron chi connectivity index (χ1n) is 11.3. The predicted molar refractivity (Wildman–Crippen MR) is 117 cm³/mol. The summed E-state index contributed by atoms with van der Waals surface area (Å²) >= 11 is 0. The van der Waals surface area contributed by atoms with E-state index in [1.165, 1.54) is 19.3 Å². The molecule has 2 atom stereocenters. The van der Waals surface area contributed by atoms with Gasteiger partial charge in [0.25, 0.3) is 0 Å². The SMILES string of the molecule is C[C@H]1CCCC[C@H]1N1C(=O)C(=O)N(CC(=O)Nc2ccc(N3CCCCC3)cc2)C1=O. The van der Waals surface area contributed by atoms with E-state index < -0.39 is 30.3 Å². The highest BCUT2D eigenvalue weighted by Crippen LogP contribution is 2.31. The first-order chi connectivity index (χ1) is 15.0. The summed E-state index contributed by atoms with van der Waals surface area (Å²) in [7, 11) is 0. The highest BCUT2D eigenvalue weighted by atomic mass is 16.2. The number of benzene rings is 1. The molecule has 0 spiro atoms. The van der Waals surface area contributed by atoms with E-state index in [1.807, 2.05) is 31.2 Å². The van der Waals surface area contributed by atoms with Gasteiger partial charge in [-0.3, -0.25) is 19.3 Å². The van der Waals surface area contributed by atoms with Gasteiger partial charge in [-0.2, -0.15) is 0 Å². The van der Waals surface area contributed by atoms with Gasteiger partial charge >= 0.3 is 17.8 Å². The first-order valence-corrected chi connectivity index (χ1v) is 11.3. The summed E-state index contributed by atoms with van der Waals surface area (Å²) in [6.07, 6.45) is 7.24. The van der Waals surface area contributed by atoms with Crippen LogP contribution >= 0.6 is 0 Å². The third kappa shape index (κ3) is 4.43. The summed E-state index contributed by atoms with van der Waals surface area (Å²) in [6.45, 7) is 3.61. The summed E-state index contributed by atoms with van der Waals surface area (Å²) in [6, 6.07) is 6.61. The van der Waals surface area contributed by atoms with Gasteiger partial charge in [-0.1, -0.05) is 19.8 Å². The van der Waals surface area contributed by atoms with Gasteiger partial charge in [0, 0.05) is 30.5 Å². The van der Waals surface area contributed by atoms with Crippen molar-refractivity contribution in [2.45, 2.75) is 57.9 Å². The molecule has 31 heavy (non-hydrogen) atoms. The van der Waals surface area contributed by atoms with Crippen molar-refractivity contribution in [3.8, 4) is 0 Å². The van der Waals surface area contributed by atoms with E-state index in [1.54, 1.807) is 0 Å². The zero-order chi connectivity index (χ0) is 22.0. The van der Waals surface area contributed by atoms with Gasteiger partial charge in [-0.15, -0.1) is 0 Å². The normalized spacial score (nSPS) is 24.7. The van der Waals surface area contributed by atoms with Crippen LogP contribution in [-0.4, -0.2) is 59.2 Å². The number of urea groups is 1. The van der Waals surface area contributed by atoms with Crippen LogP contribution in [0, 0.1) is 5.92 Å². The number of amides is 5. The van der Waals surface area contributed by atoms with E-state index in [0.717, 1.165) is 47.8 Å². The molecule has 0 bridgehead atoms. The molecule has 3 aliphatic rings. The molecular weight excluding hydrogens is 396 g/mol. The van der Waals surface area contributed by atoms with E-state index in [-0.39, 0.29) is 12.0 Å². The van der Waals surface area contributed by atoms with Gasteiger partial charge < -0.3 is 10.2 Å². The van der Waals surface area contributed by atoms with E-state index in [4.69, 9.17) is 0 Å². The second-order valence-corrected chi connectivity index (χ2v) is 8.82. The number of carbonyl (C=O) groups is 4. The Kier molecular flexibility index (Phi) is 6.25. The third-order valence-corrected chi connectivity index (χ3v) is 6.66. The molecular formula is C23H30N4O4. The van der Waals surface area contributed by atoms with Crippen LogP contribution in [0.5, 0.6) is 0 Å². The standard InChI is InChI=1S/C23H30N4O4/c1-16-7-3-4-8-19(16)27-22(30)21(29)26(23(27)31)15-20(28)24-17-9-11-18(12-10-17)25-13-5-2-6-14-25/h9-12,16,19H,2-8,13-15H2,1H3,(H,24,28)/t16-,19+/m0/s1. The summed E-state index contributed by atoms with van der Waals surface area (Å²) in [4.78, 5) is 54.4. The predicted octanol–water partition coefficient (Wildman–Crippen LogP) is 2.98. The number of nitrogens with zero attached hydrogens (tertiary/aromatic N) is 3.